The van der Waals surface area contributed by atoms with Crippen molar-refractivity contribution in [2.75, 3.05) is 18.1 Å². The molecule has 0 aliphatic carbocycles. The number of nitrogens with zero attached hydrogens (tertiary/aromatic N) is 1. The maximum atomic E-state index is 11.6. The summed E-state index contributed by atoms with van der Waals surface area (Å²) in [4.78, 5) is 24.5. The van der Waals surface area contributed by atoms with Gasteiger partial charge in [-0.1, -0.05) is 0 Å². The molecule has 1 atom stereocenters. The summed E-state index contributed by atoms with van der Waals surface area (Å²) in [5.74, 6) is -0.878. The molecule has 0 saturated heterocycles. The number of amides is 1. The van der Waals surface area contributed by atoms with E-state index in [1.54, 1.807) is 23.1 Å². The molecule has 0 fully saturated rings. The summed E-state index contributed by atoms with van der Waals surface area (Å²) < 4.78 is 5.40. The van der Waals surface area contributed by atoms with Gasteiger partial charge in [0.1, 0.15) is 5.75 Å². The number of ether oxygens (including phenoxy) is 1. The number of rotatable bonds is 3. The van der Waals surface area contributed by atoms with Crippen molar-refractivity contribution < 1.29 is 19.4 Å². The van der Waals surface area contributed by atoms with Gasteiger partial charge in [0, 0.05) is 19.2 Å². The monoisotopic (exact) mass is 263 g/mol. The molecule has 0 spiro atoms. The van der Waals surface area contributed by atoms with E-state index in [1.807, 2.05) is 6.92 Å². The molecule has 0 saturated carbocycles. The molecule has 1 aliphatic heterocycles. The Bertz CT molecular complexity index is 512. The number of carbonyl (C=O) groups is 2. The van der Waals surface area contributed by atoms with Crippen LogP contribution in [0.15, 0.2) is 18.2 Å². The minimum absolute atomic E-state index is 0.0748. The molecule has 102 valence electrons. The van der Waals surface area contributed by atoms with E-state index in [4.69, 9.17) is 4.74 Å². The van der Waals surface area contributed by atoms with Crippen LogP contribution in [0.25, 0.3) is 0 Å². The zero-order chi connectivity index (χ0) is 14.0. The Balaban J connectivity index is 2.47. The van der Waals surface area contributed by atoms with Crippen molar-refractivity contribution in [3.05, 3.63) is 23.8 Å². The lowest BCUT2D eigenvalue weighted by Crippen LogP contribution is -2.36. The average Bonchev–Trinajstić information content (AvgIpc) is 2.37. The van der Waals surface area contributed by atoms with Gasteiger partial charge in [-0.25, -0.2) is 0 Å². The Kier molecular flexibility index (Phi) is 3.74. The van der Waals surface area contributed by atoms with Gasteiger partial charge in [0.2, 0.25) is 5.91 Å². The lowest BCUT2D eigenvalue weighted by Gasteiger charge is -2.32. The number of anilines is 1. The van der Waals surface area contributed by atoms with Crippen molar-refractivity contribution in [1.82, 2.24) is 0 Å². The summed E-state index contributed by atoms with van der Waals surface area (Å²) >= 11 is 0. The Morgan fingerprint density at radius 1 is 1.47 bits per heavy atom. The van der Waals surface area contributed by atoms with E-state index in [0.29, 0.717) is 36.6 Å². The van der Waals surface area contributed by atoms with Crippen LogP contribution in [0.3, 0.4) is 0 Å². The first kappa shape index (κ1) is 13.4. The number of hydrogen-bond acceptors (Lipinski definition) is 3. The van der Waals surface area contributed by atoms with Gasteiger partial charge in [0.15, 0.2) is 0 Å². The van der Waals surface area contributed by atoms with Crippen LogP contribution in [-0.2, 0) is 9.59 Å². The molecule has 1 N–H and O–H groups in total. The van der Waals surface area contributed by atoms with Gasteiger partial charge in [-0.05, 0) is 37.1 Å². The Morgan fingerprint density at radius 2 is 2.21 bits per heavy atom. The van der Waals surface area contributed by atoms with Gasteiger partial charge in [-0.3, -0.25) is 9.59 Å². The highest BCUT2D eigenvalue weighted by molar-refractivity contribution is 5.95. The molecular formula is C14H17NO4. The summed E-state index contributed by atoms with van der Waals surface area (Å²) in [6, 6.07) is 5.26. The highest BCUT2D eigenvalue weighted by Crippen LogP contribution is 2.37. The average molecular weight is 263 g/mol. The van der Waals surface area contributed by atoms with E-state index in [-0.39, 0.29) is 5.91 Å². The largest absolute Gasteiger partial charge is 0.494 e. The van der Waals surface area contributed by atoms with E-state index in [9.17, 15) is 14.7 Å². The molecule has 1 heterocycles. The van der Waals surface area contributed by atoms with Crippen LogP contribution in [0.1, 0.15) is 31.7 Å². The van der Waals surface area contributed by atoms with Gasteiger partial charge in [-0.15, -0.1) is 0 Å². The summed E-state index contributed by atoms with van der Waals surface area (Å²) in [5.41, 5.74) is 1.33. The van der Waals surface area contributed by atoms with Crippen molar-refractivity contribution in [2.24, 2.45) is 0 Å². The van der Waals surface area contributed by atoms with Crippen LogP contribution in [0.2, 0.25) is 0 Å². The Morgan fingerprint density at radius 3 is 2.79 bits per heavy atom. The fourth-order valence-electron chi connectivity index (χ4n) is 2.43. The van der Waals surface area contributed by atoms with Crippen molar-refractivity contribution in [3.63, 3.8) is 0 Å². The second-order valence-electron chi connectivity index (χ2n) is 4.50. The minimum Gasteiger partial charge on any atom is -0.494 e. The molecule has 1 aliphatic rings. The van der Waals surface area contributed by atoms with Crippen LogP contribution in [0.5, 0.6) is 5.75 Å². The molecule has 1 aromatic carbocycles. The van der Waals surface area contributed by atoms with Crippen molar-refractivity contribution in [1.29, 1.82) is 0 Å². The molecule has 1 amide bonds. The second kappa shape index (κ2) is 5.30. The zero-order valence-corrected chi connectivity index (χ0v) is 11.0. The third kappa shape index (κ3) is 2.54. The van der Waals surface area contributed by atoms with Crippen LogP contribution in [0.4, 0.5) is 5.69 Å². The minimum atomic E-state index is -0.863. The predicted octanol–water partition coefficient (Wildman–Crippen LogP) is 2.01. The molecule has 2 rings (SSSR count). The molecular weight excluding hydrogens is 246 g/mol. The van der Waals surface area contributed by atoms with Crippen LogP contribution < -0.4 is 9.64 Å². The van der Waals surface area contributed by atoms with Crippen molar-refractivity contribution >= 4 is 17.6 Å². The first-order valence-corrected chi connectivity index (χ1v) is 6.32. The fraction of sp³-hybridized carbons (Fsp3) is 0.429. The number of aliphatic carboxylic acids is 1. The molecule has 5 nitrogen and oxygen atoms in total. The van der Waals surface area contributed by atoms with E-state index in [2.05, 4.69) is 0 Å². The normalized spacial score (nSPS) is 17.8. The lowest BCUT2D eigenvalue weighted by molar-refractivity contribution is -0.139. The van der Waals surface area contributed by atoms with Gasteiger partial charge < -0.3 is 14.7 Å². The standard InChI is InChI=1S/C14H17NO4/c1-3-19-10-4-5-13-12(8-10)11(14(17)18)6-7-15(13)9(2)16/h4-5,8,11H,3,6-7H2,1-2H3,(H,17,18). The highest BCUT2D eigenvalue weighted by atomic mass is 16.5. The van der Waals surface area contributed by atoms with E-state index in [1.165, 1.54) is 6.92 Å². The lowest BCUT2D eigenvalue weighted by atomic mass is 9.89. The topological polar surface area (TPSA) is 66.8 Å². The third-order valence-corrected chi connectivity index (χ3v) is 3.30. The number of carboxylic acids is 1. The molecule has 1 unspecified atom stereocenters. The first-order valence-electron chi connectivity index (χ1n) is 6.32. The Hall–Kier alpha value is -2.04. The van der Waals surface area contributed by atoms with Gasteiger partial charge in [0.25, 0.3) is 0 Å². The van der Waals surface area contributed by atoms with E-state index >= 15 is 0 Å². The maximum absolute atomic E-state index is 11.6. The molecule has 1 aromatic rings. The first-order chi connectivity index (χ1) is 9.04. The summed E-state index contributed by atoms with van der Waals surface area (Å²) in [6.45, 7) is 4.32. The smallest absolute Gasteiger partial charge is 0.311 e. The molecule has 19 heavy (non-hydrogen) atoms. The van der Waals surface area contributed by atoms with Gasteiger partial charge in [-0.2, -0.15) is 0 Å². The SMILES string of the molecule is CCOc1ccc2c(c1)C(C(=O)O)CCN2C(C)=O. The fourth-order valence-corrected chi connectivity index (χ4v) is 2.43. The maximum Gasteiger partial charge on any atom is 0.311 e. The quantitative estimate of drug-likeness (QED) is 0.905. The van der Waals surface area contributed by atoms with E-state index < -0.39 is 11.9 Å². The summed E-state index contributed by atoms with van der Waals surface area (Å²) in [7, 11) is 0. The van der Waals surface area contributed by atoms with Crippen LogP contribution >= 0.6 is 0 Å². The Labute approximate surface area is 111 Å². The molecule has 0 bridgehead atoms. The summed E-state index contributed by atoms with van der Waals surface area (Å²) in [5, 5.41) is 9.29. The molecule has 5 heteroatoms. The van der Waals surface area contributed by atoms with Crippen molar-refractivity contribution in [3.8, 4) is 5.75 Å². The number of carboxylic acid groups (broad SMARTS) is 1. The van der Waals surface area contributed by atoms with Crippen LogP contribution in [-0.4, -0.2) is 30.1 Å². The van der Waals surface area contributed by atoms with E-state index in [0.717, 1.165) is 0 Å². The molecule has 0 radical (unpaired) electrons. The number of hydrogen-bond donors (Lipinski definition) is 1. The predicted molar refractivity (Wildman–Crippen MR) is 70.6 cm³/mol. The van der Waals surface area contributed by atoms with Gasteiger partial charge in [0.05, 0.1) is 12.5 Å². The van der Waals surface area contributed by atoms with Gasteiger partial charge >= 0.3 is 5.97 Å². The number of carbonyl (C=O) groups excluding carboxylic acids is 1. The number of benzene rings is 1. The van der Waals surface area contributed by atoms with Crippen molar-refractivity contribution in [2.45, 2.75) is 26.2 Å². The second-order valence-corrected chi connectivity index (χ2v) is 4.50. The number of fused-ring (bicyclic) bond motifs is 1. The highest BCUT2D eigenvalue weighted by Gasteiger charge is 2.31. The van der Waals surface area contributed by atoms with Crippen LogP contribution in [0, 0.1) is 0 Å². The summed E-state index contributed by atoms with van der Waals surface area (Å²) in [6.07, 6.45) is 0.428. The molecule has 0 aromatic heterocycles. The third-order valence-electron chi connectivity index (χ3n) is 3.30. The zero-order valence-electron chi connectivity index (χ0n) is 11.0.